The van der Waals surface area contributed by atoms with Gasteiger partial charge < -0.3 is 5.32 Å². The van der Waals surface area contributed by atoms with Crippen LogP contribution < -0.4 is 5.32 Å². The second-order valence-corrected chi connectivity index (χ2v) is 8.56. The number of rotatable bonds is 7. The smallest absolute Gasteiger partial charge is 0.153 e. The van der Waals surface area contributed by atoms with Crippen molar-refractivity contribution in [2.45, 2.75) is 44.8 Å². The lowest BCUT2D eigenvalue weighted by molar-refractivity contribution is 0.252. The second kappa shape index (κ2) is 7.71. The van der Waals surface area contributed by atoms with Crippen LogP contribution >= 0.6 is 11.6 Å². The third-order valence-electron chi connectivity index (χ3n) is 3.95. The molecule has 1 aliphatic rings. The molecule has 5 heteroatoms. The first kappa shape index (κ1) is 16.3. The molecule has 0 saturated heterocycles. The Hall–Kier alpha value is 0.200. The Labute approximate surface area is 117 Å². The van der Waals surface area contributed by atoms with E-state index in [-0.39, 0.29) is 11.0 Å². The van der Waals surface area contributed by atoms with Crippen LogP contribution in [0.3, 0.4) is 0 Å². The van der Waals surface area contributed by atoms with Crippen LogP contribution in [-0.2, 0) is 9.84 Å². The molecule has 1 aliphatic carbocycles. The third kappa shape index (κ3) is 5.06. The molecule has 1 saturated carbocycles. The maximum atomic E-state index is 11.6. The normalized spacial score (nSPS) is 25.6. The van der Waals surface area contributed by atoms with E-state index in [1.807, 2.05) is 0 Å². The highest BCUT2D eigenvalue weighted by Gasteiger charge is 2.24. The largest absolute Gasteiger partial charge is 0.315 e. The van der Waals surface area contributed by atoms with Crippen LogP contribution in [0.15, 0.2) is 0 Å². The van der Waals surface area contributed by atoms with Crippen LogP contribution in [0.4, 0.5) is 0 Å². The monoisotopic (exact) mass is 295 g/mol. The van der Waals surface area contributed by atoms with Crippen molar-refractivity contribution < 1.29 is 8.42 Å². The van der Waals surface area contributed by atoms with E-state index in [1.54, 1.807) is 13.8 Å². The molecular weight excluding hydrogens is 270 g/mol. The number of nitrogens with one attached hydrogen (secondary N) is 1. The van der Waals surface area contributed by atoms with Crippen LogP contribution in [0, 0.1) is 11.8 Å². The van der Waals surface area contributed by atoms with Gasteiger partial charge in [0.1, 0.15) is 0 Å². The Morgan fingerprint density at radius 2 is 1.83 bits per heavy atom. The first-order chi connectivity index (χ1) is 8.47. The van der Waals surface area contributed by atoms with Crippen LogP contribution in [0.1, 0.15) is 39.5 Å². The fraction of sp³-hybridized carbons (Fsp3) is 1.00. The predicted octanol–water partition coefficient (Wildman–Crippen LogP) is 2.44. The van der Waals surface area contributed by atoms with E-state index in [0.717, 1.165) is 12.4 Å². The summed E-state index contributed by atoms with van der Waals surface area (Å²) < 4.78 is 23.3. The Bertz CT molecular complexity index is 330. The zero-order chi connectivity index (χ0) is 13.6. The Morgan fingerprint density at radius 3 is 2.39 bits per heavy atom. The van der Waals surface area contributed by atoms with Crippen LogP contribution in [0.25, 0.3) is 0 Å². The molecule has 0 aromatic carbocycles. The van der Waals surface area contributed by atoms with Crippen LogP contribution in [0.2, 0.25) is 0 Å². The van der Waals surface area contributed by atoms with E-state index >= 15 is 0 Å². The molecule has 1 fully saturated rings. The van der Waals surface area contributed by atoms with E-state index in [1.165, 1.54) is 25.7 Å². The van der Waals surface area contributed by atoms with Gasteiger partial charge in [-0.2, -0.15) is 0 Å². The zero-order valence-electron chi connectivity index (χ0n) is 11.5. The van der Waals surface area contributed by atoms with Crippen molar-refractivity contribution in [3.8, 4) is 0 Å². The second-order valence-electron chi connectivity index (χ2n) is 5.58. The molecular formula is C13H26ClNO2S. The highest BCUT2D eigenvalue weighted by Crippen LogP contribution is 2.30. The average Bonchev–Trinajstić information content (AvgIpc) is 2.35. The molecule has 0 aromatic heterocycles. The summed E-state index contributed by atoms with van der Waals surface area (Å²) in [7, 11) is -2.91. The van der Waals surface area contributed by atoms with Gasteiger partial charge in [-0.1, -0.05) is 12.8 Å². The predicted molar refractivity (Wildman–Crippen MR) is 78.0 cm³/mol. The van der Waals surface area contributed by atoms with Gasteiger partial charge in [0.2, 0.25) is 0 Å². The van der Waals surface area contributed by atoms with Gasteiger partial charge in [0.25, 0.3) is 0 Å². The summed E-state index contributed by atoms with van der Waals surface area (Å²) in [5.41, 5.74) is 0. The van der Waals surface area contributed by atoms with Crippen molar-refractivity contribution in [2.24, 2.45) is 11.8 Å². The summed E-state index contributed by atoms with van der Waals surface area (Å²) in [6.45, 7) is 4.94. The minimum absolute atomic E-state index is 0.239. The highest BCUT2D eigenvalue weighted by atomic mass is 35.5. The molecule has 2 atom stereocenters. The molecule has 0 aliphatic heterocycles. The van der Waals surface area contributed by atoms with Gasteiger partial charge in [0, 0.05) is 12.4 Å². The Balaban J connectivity index is 2.25. The van der Waals surface area contributed by atoms with E-state index in [9.17, 15) is 8.42 Å². The quantitative estimate of drug-likeness (QED) is 0.580. The first-order valence-corrected chi connectivity index (χ1v) is 9.20. The van der Waals surface area contributed by atoms with Crippen molar-refractivity contribution in [3.05, 3.63) is 0 Å². The fourth-order valence-electron chi connectivity index (χ4n) is 2.49. The summed E-state index contributed by atoms with van der Waals surface area (Å²) in [4.78, 5) is 0. The Kier molecular flexibility index (Phi) is 6.96. The summed E-state index contributed by atoms with van der Waals surface area (Å²) in [5.74, 6) is 2.20. The molecule has 0 bridgehead atoms. The van der Waals surface area contributed by atoms with Gasteiger partial charge >= 0.3 is 0 Å². The number of hydrogen-bond acceptors (Lipinski definition) is 3. The average molecular weight is 296 g/mol. The molecule has 18 heavy (non-hydrogen) atoms. The summed E-state index contributed by atoms with van der Waals surface area (Å²) in [6, 6.07) is 0. The molecule has 3 nitrogen and oxygen atoms in total. The number of sulfone groups is 1. The summed E-state index contributed by atoms with van der Waals surface area (Å²) in [5, 5.41) is 3.02. The minimum atomic E-state index is -2.91. The molecule has 0 spiro atoms. The van der Waals surface area contributed by atoms with Gasteiger partial charge in [-0.05, 0) is 45.1 Å². The van der Waals surface area contributed by atoms with E-state index in [2.05, 4.69) is 5.32 Å². The van der Waals surface area contributed by atoms with Crippen LogP contribution in [-0.4, -0.2) is 38.4 Å². The lowest BCUT2D eigenvalue weighted by Gasteiger charge is -2.30. The Morgan fingerprint density at radius 1 is 1.22 bits per heavy atom. The lowest BCUT2D eigenvalue weighted by atomic mass is 9.80. The fourth-order valence-corrected chi connectivity index (χ4v) is 3.80. The van der Waals surface area contributed by atoms with Gasteiger partial charge in [0.15, 0.2) is 9.84 Å². The van der Waals surface area contributed by atoms with E-state index in [0.29, 0.717) is 18.4 Å². The minimum Gasteiger partial charge on any atom is -0.315 e. The molecule has 1 N–H and O–H groups in total. The lowest BCUT2D eigenvalue weighted by Crippen LogP contribution is -2.34. The molecule has 0 amide bonds. The van der Waals surface area contributed by atoms with Crippen molar-refractivity contribution in [1.82, 2.24) is 5.32 Å². The van der Waals surface area contributed by atoms with E-state index in [4.69, 9.17) is 11.6 Å². The van der Waals surface area contributed by atoms with Crippen molar-refractivity contribution in [3.63, 3.8) is 0 Å². The number of halogens is 1. The number of alkyl halides is 1. The molecule has 108 valence electrons. The topological polar surface area (TPSA) is 46.2 Å². The van der Waals surface area contributed by atoms with Gasteiger partial charge in [-0.15, -0.1) is 11.6 Å². The molecule has 0 radical (unpaired) electrons. The van der Waals surface area contributed by atoms with E-state index < -0.39 is 9.84 Å². The standard InChI is InChI=1S/C13H26ClNO2S/c1-11(2)18(16,17)8-7-15-10-13-6-4-3-5-12(13)9-14/h11-13,15H,3-10H2,1-2H3. The SMILES string of the molecule is CC(C)S(=O)(=O)CCNCC1CCCCC1CCl. The molecule has 2 unspecified atom stereocenters. The van der Waals surface area contributed by atoms with Gasteiger partial charge in [-0.3, -0.25) is 0 Å². The van der Waals surface area contributed by atoms with Crippen molar-refractivity contribution in [2.75, 3.05) is 24.7 Å². The van der Waals surface area contributed by atoms with Gasteiger partial charge in [-0.25, -0.2) is 8.42 Å². The van der Waals surface area contributed by atoms with Gasteiger partial charge in [0.05, 0.1) is 11.0 Å². The maximum Gasteiger partial charge on any atom is 0.153 e. The maximum absolute atomic E-state index is 11.6. The number of hydrogen-bond donors (Lipinski definition) is 1. The zero-order valence-corrected chi connectivity index (χ0v) is 13.1. The van der Waals surface area contributed by atoms with Crippen molar-refractivity contribution in [1.29, 1.82) is 0 Å². The first-order valence-electron chi connectivity index (χ1n) is 6.95. The summed E-state index contributed by atoms with van der Waals surface area (Å²) >= 11 is 5.98. The third-order valence-corrected chi connectivity index (χ3v) is 6.56. The molecule has 0 heterocycles. The van der Waals surface area contributed by atoms with Crippen molar-refractivity contribution >= 4 is 21.4 Å². The molecule has 1 rings (SSSR count). The molecule has 0 aromatic rings. The highest BCUT2D eigenvalue weighted by molar-refractivity contribution is 7.92. The summed E-state index contributed by atoms with van der Waals surface area (Å²) in [6.07, 6.45) is 5.01. The van der Waals surface area contributed by atoms with Crippen LogP contribution in [0.5, 0.6) is 0 Å².